The van der Waals surface area contributed by atoms with Crippen LogP contribution in [0.4, 0.5) is 0 Å². The Hall–Kier alpha value is -1.75. The van der Waals surface area contributed by atoms with E-state index >= 15 is 0 Å². The lowest BCUT2D eigenvalue weighted by Crippen LogP contribution is -2.43. The van der Waals surface area contributed by atoms with Gasteiger partial charge in [0, 0.05) is 26.2 Å². The van der Waals surface area contributed by atoms with Crippen LogP contribution in [0.3, 0.4) is 0 Å². The van der Waals surface area contributed by atoms with E-state index in [0.29, 0.717) is 18.7 Å². The normalized spacial score (nSPS) is 15.1. The molecule has 0 radical (unpaired) electrons. The van der Waals surface area contributed by atoms with Gasteiger partial charge in [0.2, 0.25) is 0 Å². The third kappa shape index (κ3) is 5.16. The van der Waals surface area contributed by atoms with Crippen LogP contribution in [-0.2, 0) is 22.1 Å². The maximum absolute atomic E-state index is 12.0. The van der Waals surface area contributed by atoms with Crippen molar-refractivity contribution in [3.05, 3.63) is 28.6 Å². The molecule has 0 unspecified atom stereocenters. The number of aromatic nitrogens is 1. The number of nitrogens with zero attached hydrogens (tertiary/aromatic N) is 3. The summed E-state index contributed by atoms with van der Waals surface area (Å²) in [5.41, 5.74) is 2.49. The largest absolute Gasteiger partial charge is 0.461 e. The number of hydrogen-bond donors (Lipinski definition) is 0. The molecule has 7 heteroatoms. The molecular weight excluding hydrogens is 358 g/mol. The number of pyridine rings is 1. The second-order valence-corrected chi connectivity index (χ2v) is 13.3. The van der Waals surface area contributed by atoms with E-state index in [2.05, 4.69) is 49.8 Å². The van der Waals surface area contributed by atoms with Crippen molar-refractivity contribution in [3.63, 3.8) is 0 Å². The summed E-state index contributed by atoms with van der Waals surface area (Å²) in [7, 11) is -1.76. The highest BCUT2D eigenvalue weighted by molar-refractivity contribution is 6.74. The summed E-state index contributed by atoms with van der Waals surface area (Å²) in [6.45, 7) is 16.3. The van der Waals surface area contributed by atoms with Crippen molar-refractivity contribution in [1.29, 1.82) is 5.26 Å². The molecule has 1 aliphatic rings. The molecule has 27 heavy (non-hydrogen) atoms. The second kappa shape index (κ2) is 8.51. The lowest BCUT2D eigenvalue weighted by molar-refractivity contribution is 0.0518. The second-order valence-electron chi connectivity index (χ2n) is 8.45. The number of ether oxygens (including phenoxy) is 1. The zero-order chi connectivity index (χ0) is 20.2. The van der Waals surface area contributed by atoms with Crippen LogP contribution in [0.15, 0.2) is 6.07 Å². The lowest BCUT2D eigenvalue weighted by atomic mass is 9.98. The third-order valence-corrected chi connectivity index (χ3v) is 10.1. The fraction of sp³-hybridized carbons (Fsp3) is 0.650. The van der Waals surface area contributed by atoms with E-state index in [-0.39, 0.29) is 17.3 Å². The first-order chi connectivity index (χ1) is 12.6. The van der Waals surface area contributed by atoms with Gasteiger partial charge in [-0.2, -0.15) is 5.26 Å². The lowest BCUT2D eigenvalue weighted by Gasteiger charge is -2.37. The Morgan fingerprint density at radius 3 is 2.70 bits per heavy atom. The van der Waals surface area contributed by atoms with Crippen LogP contribution in [0.1, 0.15) is 55.0 Å². The molecule has 6 nitrogen and oxygen atoms in total. The Bertz CT molecular complexity index is 735. The molecule has 0 N–H and O–H groups in total. The number of rotatable bonds is 6. The predicted molar refractivity (Wildman–Crippen MR) is 107 cm³/mol. The molecule has 0 bridgehead atoms. The Morgan fingerprint density at radius 2 is 2.11 bits per heavy atom. The van der Waals surface area contributed by atoms with Gasteiger partial charge in [0.1, 0.15) is 5.69 Å². The van der Waals surface area contributed by atoms with E-state index in [9.17, 15) is 10.1 Å². The first kappa shape index (κ1) is 21.5. The highest BCUT2D eigenvalue weighted by atomic mass is 28.4. The monoisotopic (exact) mass is 389 g/mol. The molecule has 0 spiro atoms. The number of nitriles is 1. The average molecular weight is 390 g/mol. The number of fused-ring (bicyclic) bond motifs is 1. The van der Waals surface area contributed by atoms with Crippen LogP contribution in [0.25, 0.3) is 0 Å². The van der Waals surface area contributed by atoms with Crippen molar-refractivity contribution in [2.45, 2.75) is 58.8 Å². The van der Waals surface area contributed by atoms with Crippen molar-refractivity contribution in [3.8, 4) is 6.07 Å². The number of hydrogen-bond acceptors (Lipinski definition) is 6. The molecule has 2 heterocycles. The molecular formula is C20H31N3O3Si. The minimum Gasteiger partial charge on any atom is -0.461 e. The summed E-state index contributed by atoms with van der Waals surface area (Å²) in [6, 6.07) is 3.75. The average Bonchev–Trinajstić information content (AvgIpc) is 2.59. The van der Waals surface area contributed by atoms with Crippen molar-refractivity contribution in [2.24, 2.45) is 0 Å². The van der Waals surface area contributed by atoms with Crippen molar-refractivity contribution >= 4 is 14.3 Å². The first-order valence-corrected chi connectivity index (χ1v) is 12.5. The van der Waals surface area contributed by atoms with Crippen LogP contribution < -0.4 is 0 Å². The highest BCUT2D eigenvalue weighted by Gasteiger charge is 2.37. The standard InChI is InChI=1S/C20H31N3O3Si/c1-7-25-19(24)17-12-15(13-21)16-8-9-23(14-18(16)22-17)10-11-26-27(5,6)20(2,3)4/h12H,7-11,14H2,1-6H3. The Labute approximate surface area is 163 Å². The van der Waals surface area contributed by atoms with E-state index in [1.54, 1.807) is 13.0 Å². The molecule has 148 valence electrons. The molecule has 0 fully saturated rings. The maximum atomic E-state index is 12.0. The summed E-state index contributed by atoms with van der Waals surface area (Å²) in [6.07, 6.45) is 0.758. The first-order valence-electron chi connectivity index (χ1n) is 9.55. The van der Waals surface area contributed by atoms with E-state index < -0.39 is 14.3 Å². The van der Waals surface area contributed by atoms with Gasteiger partial charge >= 0.3 is 5.97 Å². The van der Waals surface area contributed by atoms with Crippen LogP contribution >= 0.6 is 0 Å². The number of carbonyl (C=O) groups is 1. The topological polar surface area (TPSA) is 75.5 Å². The van der Waals surface area contributed by atoms with Crippen LogP contribution in [0.2, 0.25) is 18.1 Å². The van der Waals surface area contributed by atoms with Gasteiger partial charge in [-0.3, -0.25) is 4.90 Å². The molecule has 0 saturated heterocycles. The fourth-order valence-corrected chi connectivity index (χ4v) is 3.88. The summed E-state index contributed by atoms with van der Waals surface area (Å²) in [5.74, 6) is -0.477. The number of carbonyl (C=O) groups excluding carboxylic acids is 1. The zero-order valence-electron chi connectivity index (χ0n) is 17.4. The van der Waals surface area contributed by atoms with Gasteiger partial charge in [0.15, 0.2) is 8.32 Å². The highest BCUT2D eigenvalue weighted by Crippen LogP contribution is 2.36. The number of esters is 1. The van der Waals surface area contributed by atoms with E-state index in [0.717, 1.165) is 30.8 Å². The molecule has 1 aromatic heterocycles. The minimum absolute atomic E-state index is 0.194. The van der Waals surface area contributed by atoms with E-state index in [1.807, 2.05) is 0 Å². The van der Waals surface area contributed by atoms with Crippen molar-refractivity contribution in [1.82, 2.24) is 9.88 Å². The Morgan fingerprint density at radius 1 is 1.41 bits per heavy atom. The van der Waals surface area contributed by atoms with Gasteiger partial charge in [0.25, 0.3) is 0 Å². The molecule has 2 rings (SSSR count). The van der Waals surface area contributed by atoms with Crippen LogP contribution in [0.5, 0.6) is 0 Å². The fourth-order valence-electron chi connectivity index (χ4n) is 2.84. The Balaban J connectivity index is 2.07. The van der Waals surface area contributed by atoms with Crippen molar-refractivity contribution in [2.75, 3.05) is 26.3 Å². The SMILES string of the molecule is CCOC(=O)c1cc(C#N)c2c(n1)CN(CCO[Si](C)(C)C(C)(C)C)CC2. The van der Waals surface area contributed by atoms with E-state index in [4.69, 9.17) is 9.16 Å². The summed E-state index contributed by atoms with van der Waals surface area (Å²) in [4.78, 5) is 18.8. The molecule has 0 atom stereocenters. The third-order valence-electron chi connectivity index (χ3n) is 5.54. The van der Waals surface area contributed by atoms with Gasteiger partial charge < -0.3 is 9.16 Å². The Kier molecular flexibility index (Phi) is 6.79. The van der Waals surface area contributed by atoms with Gasteiger partial charge in [-0.05, 0) is 43.1 Å². The summed E-state index contributed by atoms with van der Waals surface area (Å²) in [5, 5.41) is 9.64. The van der Waals surface area contributed by atoms with Crippen LogP contribution in [-0.4, -0.2) is 50.5 Å². The van der Waals surface area contributed by atoms with Crippen molar-refractivity contribution < 1.29 is 14.0 Å². The quantitative estimate of drug-likeness (QED) is 0.547. The summed E-state index contributed by atoms with van der Waals surface area (Å²) < 4.78 is 11.3. The molecule has 0 aromatic carbocycles. The summed E-state index contributed by atoms with van der Waals surface area (Å²) >= 11 is 0. The smallest absolute Gasteiger partial charge is 0.356 e. The molecule has 0 aliphatic carbocycles. The maximum Gasteiger partial charge on any atom is 0.356 e. The van der Waals surface area contributed by atoms with Gasteiger partial charge in [-0.25, -0.2) is 9.78 Å². The molecule has 1 aliphatic heterocycles. The van der Waals surface area contributed by atoms with Crippen LogP contribution in [0, 0.1) is 11.3 Å². The minimum atomic E-state index is -1.76. The van der Waals surface area contributed by atoms with Gasteiger partial charge in [-0.1, -0.05) is 20.8 Å². The van der Waals surface area contributed by atoms with Gasteiger partial charge in [0.05, 0.1) is 23.9 Å². The van der Waals surface area contributed by atoms with E-state index in [1.165, 1.54) is 0 Å². The molecule has 0 amide bonds. The zero-order valence-corrected chi connectivity index (χ0v) is 18.4. The van der Waals surface area contributed by atoms with Gasteiger partial charge in [-0.15, -0.1) is 0 Å². The molecule has 0 saturated carbocycles. The predicted octanol–water partition coefficient (Wildman–Crippen LogP) is 3.51. The molecule has 1 aromatic rings.